The average Bonchev–Trinajstić information content (AvgIpc) is 3.42. The summed E-state index contributed by atoms with van der Waals surface area (Å²) in [5.74, 6) is 0.0599. The van der Waals surface area contributed by atoms with Gasteiger partial charge in [-0.25, -0.2) is 9.78 Å². The van der Waals surface area contributed by atoms with Gasteiger partial charge in [-0.1, -0.05) is 0 Å². The normalized spacial score (nSPS) is 11.1. The van der Waals surface area contributed by atoms with Crippen molar-refractivity contribution in [3.05, 3.63) is 76.4 Å². The van der Waals surface area contributed by atoms with Crippen molar-refractivity contribution in [2.45, 2.75) is 20.4 Å². The maximum absolute atomic E-state index is 12.6. The summed E-state index contributed by atoms with van der Waals surface area (Å²) in [4.78, 5) is 29.1. The smallest absolute Gasteiger partial charge is 0.338 e. The molecule has 0 spiro atoms. The van der Waals surface area contributed by atoms with Gasteiger partial charge >= 0.3 is 5.97 Å². The zero-order valence-electron chi connectivity index (χ0n) is 15.5. The van der Waals surface area contributed by atoms with Gasteiger partial charge in [0.15, 0.2) is 6.61 Å². The van der Waals surface area contributed by atoms with E-state index in [2.05, 4.69) is 4.98 Å². The van der Waals surface area contributed by atoms with E-state index in [-0.39, 0.29) is 12.4 Å². The summed E-state index contributed by atoms with van der Waals surface area (Å²) in [5.41, 5.74) is 5.28. The minimum atomic E-state index is -0.520. The summed E-state index contributed by atoms with van der Waals surface area (Å²) in [6, 6.07) is 10.7. The molecule has 4 rings (SSSR count). The van der Waals surface area contributed by atoms with Crippen LogP contribution in [0.15, 0.2) is 52.6 Å². The second kappa shape index (κ2) is 7.44. The molecule has 0 aliphatic heterocycles. The lowest BCUT2D eigenvalue weighted by molar-refractivity contribution is 0.0474. The molecule has 0 N–H and O–H groups in total. The van der Waals surface area contributed by atoms with Crippen LogP contribution in [0.4, 0.5) is 0 Å². The van der Waals surface area contributed by atoms with Gasteiger partial charge in [-0.05, 0) is 50.2 Å². The first kappa shape index (κ1) is 18.2. The second-order valence-electron chi connectivity index (χ2n) is 6.48. The number of carbonyl (C=O) groups excluding carboxylic acids is 2. The molecule has 28 heavy (non-hydrogen) atoms. The van der Waals surface area contributed by atoms with Crippen molar-refractivity contribution in [3.63, 3.8) is 0 Å². The van der Waals surface area contributed by atoms with Gasteiger partial charge in [0.05, 0.1) is 34.1 Å². The highest BCUT2D eigenvalue weighted by Crippen LogP contribution is 2.21. The molecule has 0 fully saturated rings. The van der Waals surface area contributed by atoms with Crippen LogP contribution in [0.2, 0.25) is 0 Å². The fourth-order valence-electron chi connectivity index (χ4n) is 3.16. The van der Waals surface area contributed by atoms with Gasteiger partial charge in [-0.2, -0.15) is 0 Å². The van der Waals surface area contributed by atoms with Crippen LogP contribution in [0.1, 0.15) is 37.9 Å². The van der Waals surface area contributed by atoms with Gasteiger partial charge in [-0.15, -0.1) is 11.3 Å². The molecule has 3 heterocycles. The quantitative estimate of drug-likeness (QED) is 0.358. The van der Waals surface area contributed by atoms with Gasteiger partial charge in [0.1, 0.15) is 5.76 Å². The summed E-state index contributed by atoms with van der Waals surface area (Å²) in [5, 5.41) is 0. The first-order valence-electron chi connectivity index (χ1n) is 8.75. The number of hydrogen-bond donors (Lipinski definition) is 0. The predicted octanol–water partition coefficient (Wildman–Crippen LogP) is 4.40. The highest BCUT2D eigenvalue weighted by atomic mass is 32.1. The summed E-state index contributed by atoms with van der Waals surface area (Å²) < 4.78 is 13.5. The number of carbonyl (C=O) groups is 2. The van der Waals surface area contributed by atoms with E-state index < -0.39 is 5.97 Å². The molecule has 142 valence electrons. The molecule has 7 heteroatoms. The summed E-state index contributed by atoms with van der Waals surface area (Å²) >= 11 is 1.45. The highest BCUT2D eigenvalue weighted by Gasteiger charge is 2.18. The van der Waals surface area contributed by atoms with Crippen molar-refractivity contribution >= 4 is 33.3 Å². The first-order chi connectivity index (χ1) is 13.5. The molecule has 0 aliphatic rings. The van der Waals surface area contributed by atoms with Gasteiger partial charge in [0, 0.05) is 17.0 Å². The van der Waals surface area contributed by atoms with Crippen LogP contribution in [0.25, 0.3) is 10.2 Å². The molecule has 0 amide bonds. The molecule has 0 bridgehead atoms. The molecule has 3 aromatic heterocycles. The standard InChI is InChI=1S/C21H18N2O4S/c1-13-8-17(14(2)23(13)10-16-4-3-7-26-16)19(24)11-27-21(25)15-5-6-18-20(9-15)28-12-22-18/h3-9,12H,10-11H2,1-2H3. The Hall–Kier alpha value is -3.19. The number of nitrogens with zero attached hydrogens (tertiary/aromatic N) is 2. The number of rotatable bonds is 6. The van der Waals surface area contributed by atoms with Gasteiger partial charge in [0.25, 0.3) is 0 Å². The zero-order chi connectivity index (χ0) is 19.7. The number of ketones is 1. The predicted molar refractivity (Wildman–Crippen MR) is 106 cm³/mol. The van der Waals surface area contributed by atoms with Crippen molar-refractivity contribution in [1.82, 2.24) is 9.55 Å². The van der Waals surface area contributed by atoms with Crippen molar-refractivity contribution < 1.29 is 18.7 Å². The van der Waals surface area contributed by atoms with Gasteiger partial charge in [-0.3, -0.25) is 4.79 Å². The molecule has 0 aliphatic carbocycles. The Morgan fingerprint density at radius 1 is 1.21 bits per heavy atom. The van der Waals surface area contributed by atoms with Crippen molar-refractivity contribution in [2.75, 3.05) is 6.61 Å². The molecule has 0 unspecified atom stereocenters. The summed E-state index contributed by atoms with van der Waals surface area (Å²) in [6.45, 7) is 4.06. The highest BCUT2D eigenvalue weighted by molar-refractivity contribution is 7.16. The van der Waals surface area contributed by atoms with Crippen LogP contribution in [0.3, 0.4) is 0 Å². The number of thiazole rings is 1. The van der Waals surface area contributed by atoms with Crippen molar-refractivity contribution in [1.29, 1.82) is 0 Å². The number of esters is 1. The van der Waals surface area contributed by atoms with Crippen LogP contribution >= 0.6 is 11.3 Å². The van der Waals surface area contributed by atoms with E-state index in [1.165, 1.54) is 11.3 Å². The number of fused-ring (bicyclic) bond motifs is 1. The van der Waals surface area contributed by atoms with Crippen LogP contribution in [0, 0.1) is 13.8 Å². The molecule has 0 atom stereocenters. The number of furan rings is 1. The Balaban J connectivity index is 1.45. The van der Waals surface area contributed by atoms with Gasteiger partial charge in [0.2, 0.25) is 5.78 Å². The van der Waals surface area contributed by atoms with Crippen LogP contribution < -0.4 is 0 Å². The molecular weight excluding hydrogens is 376 g/mol. The average molecular weight is 394 g/mol. The van der Waals surface area contributed by atoms with E-state index in [0.717, 1.165) is 27.4 Å². The van der Waals surface area contributed by atoms with Crippen molar-refractivity contribution in [2.24, 2.45) is 0 Å². The maximum Gasteiger partial charge on any atom is 0.338 e. The molecule has 0 saturated heterocycles. The van der Waals surface area contributed by atoms with E-state index in [0.29, 0.717) is 17.7 Å². The number of hydrogen-bond acceptors (Lipinski definition) is 6. The number of aromatic nitrogens is 2. The van der Waals surface area contributed by atoms with E-state index in [9.17, 15) is 9.59 Å². The van der Waals surface area contributed by atoms with Crippen LogP contribution in [-0.2, 0) is 11.3 Å². The molecule has 4 aromatic rings. The molecule has 0 radical (unpaired) electrons. The Bertz CT molecular complexity index is 1150. The lowest BCUT2D eigenvalue weighted by Crippen LogP contribution is -2.15. The zero-order valence-corrected chi connectivity index (χ0v) is 16.3. The fraction of sp³-hybridized carbons (Fsp3) is 0.190. The monoisotopic (exact) mass is 394 g/mol. The lowest BCUT2D eigenvalue weighted by atomic mass is 10.1. The Morgan fingerprint density at radius 2 is 2.07 bits per heavy atom. The van der Waals surface area contributed by atoms with E-state index in [1.807, 2.05) is 36.6 Å². The Labute approximate surface area is 165 Å². The topological polar surface area (TPSA) is 74.3 Å². The third-order valence-electron chi connectivity index (χ3n) is 4.67. The van der Waals surface area contributed by atoms with Crippen LogP contribution in [-0.4, -0.2) is 27.9 Å². The third-order valence-corrected chi connectivity index (χ3v) is 5.46. The Kier molecular flexibility index (Phi) is 4.83. The second-order valence-corrected chi connectivity index (χ2v) is 7.37. The minimum Gasteiger partial charge on any atom is -0.467 e. The number of Topliss-reactive ketones (excluding diaryl/α,β-unsaturated/α-hetero) is 1. The number of ether oxygens (including phenoxy) is 1. The molecule has 0 saturated carbocycles. The largest absolute Gasteiger partial charge is 0.467 e. The summed E-state index contributed by atoms with van der Waals surface area (Å²) in [6.07, 6.45) is 1.62. The molecular formula is C21H18N2O4S. The maximum atomic E-state index is 12.6. The minimum absolute atomic E-state index is 0.231. The molecule has 6 nitrogen and oxygen atoms in total. The van der Waals surface area contributed by atoms with E-state index in [1.54, 1.807) is 30.0 Å². The van der Waals surface area contributed by atoms with Crippen LogP contribution in [0.5, 0.6) is 0 Å². The number of aryl methyl sites for hydroxylation is 1. The summed E-state index contributed by atoms with van der Waals surface area (Å²) in [7, 11) is 0. The van der Waals surface area contributed by atoms with Crippen molar-refractivity contribution in [3.8, 4) is 0 Å². The Morgan fingerprint density at radius 3 is 2.86 bits per heavy atom. The lowest BCUT2D eigenvalue weighted by Gasteiger charge is -2.08. The van der Waals surface area contributed by atoms with E-state index in [4.69, 9.17) is 9.15 Å². The molecule has 1 aromatic carbocycles. The van der Waals surface area contributed by atoms with E-state index >= 15 is 0 Å². The number of benzene rings is 1. The van der Waals surface area contributed by atoms with Gasteiger partial charge < -0.3 is 13.7 Å². The first-order valence-corrected chi connectivity index (χ1v) is 9.63. The fourth-order valence-corrected chi connectivity index (χ4v) is 3.88. The third kappa shape index (κ3) is 3.48. The SMILES string of the molecule is Cc1cc(C(=O)COC(=O)c2ccc3ncsc3c2)c(C)n1Cc1ccco1.